The molecule has 0 heterocycles. The fourth-order valence-corrected chi connectivity index (χ4v) is 2.77. The number of aliphatic hydroxyl groups is 1. The molecular weight excluding hydrogens is 268 g/mol. The Morgan fingerprint density at radius 2 is 1.81 bits per heavy atom. The predicted molar refractivity (Wildman–Crippen MR) is 84.3 cm³/mol. The first-order chi connectivity index (χ1) is 9.84. The third-order valence-electron chi connectivity index (χ3n) is 3.89. The van der Waals surface area contributed by atoms with Crippen LogP contribution in [0.15, 0.2) is 0 Å². The summed E-state index contributed by atoms with van der Waals surface area (Å²) in [5.74, 6) is 0. The summed E-state index contributed by atoms with van der Waals surface area (Å²) in [6, 6.07) is 1.12. The second-order valence-corrected chi connectivity index (χ2v) is 6.98. The first-order valence-electron chi connectivity index (χ1n) is 8.20. The van der Waals surface area contributed by atoms with Crippen molar-refractivity contribution in [1.82, 2.24) is 10.6 Å². The molecule has 1 saturated carbocycles. The minimum atomic E-state index is -0.443. The molecule has 124 valence electrons. The molecule has 0 spiro atoms. The summed E-state index contributed by atoms with van der Waals surface area (Å²) in [6.45, 7) is 8.00. The van der Waals surface area contributed by atoms with E-state index in [9.17, 15) is 4.79 Å². The highest BCUT2D eigenvalue weighted by Crippen LogP contribution is 2.20. The zero-order valence-electron chi connectivity index (χ0n) is 13.9. The monoisotopic (exact) mass is 300 g/mol. The summed E-state index contributed by atoms with van der Waals surface area (Å²) in [7, 11) is 0. The van der Waals surface area contributed by atoms with Crippen LogP contribution in [0.2, 0.25) is 0 Å². The summed E-state index contributed by atoms with van der Waals surface area (Å²) < 4.78 is 5.29. The standard InChI is InChI=1S/C16H32N2O3/c1-5-12(10-11-19)17-13-6-8-14(9-7-13)18-15(20)21-16(2,3)4/h12-14,17,19H,5-11H2,1-4H3,(H,18,20). The minimum absolute atomic E-state index is 0.218. The van der Waals surface area contributed by atoms with Gasteiger partial charge in [0.1, 0.15) is 5.60 Å². The van der Waals surface area contributed by atoms with Crippen molar-refractivity contribution in [3.63, 3.8) is 0 Å². The maximum Gasteiger partial charge on any atom is 0.407 e. The molecule has 0 aromatic heterocycles. The Bertz CT molecular complexity index is 307. The van der Waals surface area contributed by atoms with Crippen LogP contribution in [0.25, 0.3) is 0 Å². The predicted octanol–water partition coefficient (Wildman–Crippen LogP) is 2.57. The van der Waals surface area contributed by atoms with Crippen LogP contribution in [0, 0.1) is 0 Å². The number of alkyl carbamates (subject to hydrolysis) is 1. The molecule has 1 rings (SSSR count). The van der Waals surface area contributed by atoms with Crippen molar-refractivity contribution in [3.05, 3.63) is 0 Å². The smallest absolute Gasteiger partial charge is 0.407 e. The average molecular weight is 300 g/mol. The number of nitrogens with one attached hydrogen (secondary N) is 2. The molecule has 1 amide bonds. The molecule has 0 saturated heterocycles. The molecule has 1 unspecified atom stereocenters. The van der Waals surface area contributed by atoms with Crippen molar-refractivity contribution in [2.45, 2.75) is 89.9 Å². The van der Waals surface area contributed by atoms with Crippen LogP contribution in [0.1, 0.15) is 66.2 Å². The van der Waals surface area contributed by atoms with Crippen LogP contribution < -0.4 is 10.6 Å². The van der Waals surface area contributed by atoms with Crippen LogP contribution in [0.3, 0.4) is 0 Å². The Morgan fingerprint density at radius 3 is 2.29 bits per heavy atom. The molecule has 0 bridgehead atoms. The van der Waals surface area contributed by atoms with Crippen LogP contribution in [0.5, 0.6) is 0 Å². The average Bonchev–Trinajstić information content (AvgIpc) is 2.38. The first-order valence-corrected chi connectivity index (χ1v) is 8.20. The van der Waals surface area contributed by atoms with Crippen LogP contribution in [-0.2, 0) is 4.74 Å². The molecular formula is C16H32N2O3. The van der Waals surface area contributed by atoms with Crippen LogP contribution >= 0.6 is 0 Å². The summed E-state index contributed by atoms with van der Waals surface area (Å²) in [4.78, 5) is 11.7. The number of ether oxygens (including phenoxy) is 1. The molecule has 0 radical (unpaired) electrons. The number of rotatable bonds is 6. The van der Waals surface area contributed by atoms with Gasteiger partial charge in [0.2, 0.25) is 0 Å². The van der Waals surface area contributed by atoms with Gasteiger partial charge < -0.3 is 20.5 Å². The van der Waals surface area contributed by atoms with Gasteiger partial charge in [0.05, 0.1) is 0 Å². The van der Waals surface area contributed by atoms with Gasteiger partial charge in [0.25, 0.3) is 0 Å². The number of hydrogen-bond acceptors (Lipinski definition) is 4. The molecule has 5 nitrogen and oxygen atoms in total. The van der Waals surface area contributed by atoms with Crippen molar-refractivity contribution < 1.29 is 14.6 Å². The molecule has 0 aromatic rings. The highest BCUT2D eigenvalue weighted by molar-refractivity contribution is 5.68. The van der Waals surface area contributed by atoms with Gasteiger partial charge in [-0.2, -0.15) is 0 Å². The summed E-state index contributed by atoms with van der Waals surface area (Å²) in [5.41, 5.74) is -0.443. The topological polar surface area (TPSA) is 70.6 Å². The highest BCUT2D eigenvalue weighted by atomic mass is 16.6. The van der Waals surface area contributed by atoms with Gasteiger partial charge in [-0.05, 0) is 59.3 Å². The molecule has 1 fully saturated rings. The number of aliphatic hydroxyl groups excluding tert-OH is 1. The Hall–Kier alpha value is -0.810. The minimum Gasteiger partial charge on any atom is -0.444 e. The summed E-state index contributed by atoms with van der Waals surface area (Å²) in [6.07, 6.45) is 5.61. The van der Waals surface area contributed by atoms with Gasteiger partial charge in [-0.3, -0.25) is 0 Å². The van der Waals surface area contributed by atoms with Crippen molar-refractivity contribution in [2.24, 2.45) is 0 Å². The van der Waals surface area contributed by atoms with Gasteiger partial charge in [-0.25, -0.2) is 4.79 Å². The molecule has 1 aliphatic carbocycles. The van der Waals surface area contributed by atoms with Gasteiger partial charge in [-0.1, -0.05) is 6.92 Å². The third-order valence-corrected chi connectivity index (χ3v) is 3.89. The largest absolute Gasteiger partial charge is 0.444 e. The number of carbonyl (C=O) groups is 1. The third kappa shape index (κ3) is 7.67. The van der Waals surface area contributed by atoms with E-state index in [2.05, 4.69) is 17.6 Å². The Balaban J connectivity index is 2.27. The van der Waals surface area contributed by atoms with E-state index in [-0.39, 0.29) is 18.7 Å². The van der Waals surface area contributed by atoms with Crippen LogP contribution in [0.4, 0.5) is 4.79 Å². The lowest BCUT2D eigenvalue weighted by atomic mass is 9.90. The lowest BCUT2D eigenvalue weighted by Crippen LogP contribution is -2.46. The SMILES string of the molecule is CCC(CCO)NC1CCC(NC(=O)OC(C)(C)C)CC1. The molecule has 1 atom stereocenters. The fraction of sp³-hybridized carbons (Fsp3) is 0.938. The molecule has 21 heavy (non-hydrogen) atoms. The van der Waals surface area contributed by atoms with Crippen molar-refractivity contribution >= 4 is 6.09 Å². The normalized spacial score (nSPS) is 24.4. The second kappa shape index (κ2) is 8.59. The quantitative estimate of drug-likeness (QED) is 0.705. The zero-order valence-corrected chi connectivity index (χ0v) is 13.9. The first kappa shape index (κ1) is 18.2. The molecule has 1 aliphatic rings. The summed E-state index contributed by atoms with van der Waals surface area (Å²) >= 11 is 0. The lowest BCUT2D eigenvalue weighted by Gasteiger charge is -2.32. The van der Waals surface area contributed by atoms with Gasteiger partial charge in [0, 0.05) is 24.7 Å². The van der Waals surface area contributed by atoms with Crippen LogP contribution in [-0.4, -0.2) is 41.5 Å². The second-order valence-electron chi connectivity index (χ2n) is 6.98. The van der Waals surface area contributed by atoms with E-state index in [0.717, 1.165) is 38.5 Å². The summed E-state index contributed by atoms with van der Waals surface area (Å²) in [5, 5.41) is 15.6. The number of hydrogen-bond donors (Lipinski definition) is 3. The molecule has 5 heteroatoms. The van der Waals surface area contributed by atoms with Crippen molar-refractivity contribution in [2.75, 3.05) is 6.61 Å². The van der Waals surface area contributed by atoms with E-state index in [1.165, 1.54) is 0 Å². The van der Waals surface area contributed by atoms with E-state index in [4.69, 9.17) is 9.84 Å². The van der Waals surface area contributed by atoms with Gasteiger partial charge in [0.15, 0.2) is 0 Å². The lowest BCUT2D eigenvalue weighted by molar-refractivity contribution is 0.0489. The van der Waals surface area contributed by atoms with E-state index < -0.39 is 5.60 Å². The van der Waals surface area contributed by atoms with Gasteiger partial charge >= 0.3 is 6.09 Å². The van der Waals surface area contributed by atoms with E-state index in [0.29, 0.717) is 12.1 Å². The van der Waals surface area contributed by atoms with Crippen molar-refractivity contribution in [3.8, 4) is 0 Å². The van der Waals surface area contributed by atoms with E-state index >= 15 is 0 Å². The molecule has 0 aliphatic heterocycles. The Kier molecular flexibility index (Phi) is 7.46. The van der Waals surface area contributed by atoms with Gasteiger partial charge in [-0.15, -0.1) is 0 Å². The Morgan fingerprint density at radius 1 is 1.24 bits per heavy atom. The zero-order chi connectivity index (χ0) is 15.9. The van der Waals surface area contributed by atoms with E-state index in [1.807, 2.05) is 20.8 Å². The Labute approximate surface area is 128 Å². The highest BCUT2D eigenvalue weighted by Gasteiger charge is 2.25. The maximum atomic E-state index is 11.7. The number of carbonyl (C=O) groups excluding carboxylic acids is 1. The maximum absolute atomic E-state index is 11.7. The molecule has 3 N–H and O–H groups in total. The fourth-order valence-electron chi connectivity index (χ4n) is 2.77. The molecule has 0 aromatic carbocycles. The number of amides is 1. The van der Waals surface area contributed by atoms with E-state index in [1.54, 1.807) is 0 Å². The van der Waals surface area contributed by atoms with Crippen molar-refractivity contribution in [1.29, 1.82) is 0 Å².